The predicted molar refractivity (Wildman–Crippen MR) is 87.1 cm³/mol. The second-order valence-electron chi connectivity index (χ2n) is 5.94. The van der Waals surface area contributed by atoms with Gasteiger partial charge in [-0.25, -0.2) is 9.97 Å². The minimum Gasteiger partial charge on any atom is -0.375 e. The van der Waals surface area contributed by atoms with Crippen molar-refractivity contribution < 1.29 is 4.74 Å². The molecule has 5 nitrogen and oxygen atoms in total. The molecule has 2 aliphatic rings. The highest BCUT2D eigenvalue weighted by Gasteiger charge is 2.36. The van der Waals surface area contributed by atoms with E-state index in [0.29, 0.717) is 12.0 Å². The Kier molecular flexibility index (Phi) is 4.05. The second-order valence-corrected chi connectivity index (χ2v) is 6.97. The van der Waals surface area contributed by atoms with E-state index in [9.17, 15) is 0 Å². The molecule has 2 aliphatic heterocycles. The molecule has 0 unspecified atom stereocenters. The van der Waals surface area contributed by atoms with E-state index in [-0.39, 0.29) is 0 Å². The van der Waals surface area contributed by atoms with Crippen LogP contribution in [0, 0.1) is 5.92 Å². The number of aromatic nitrogens is 2. The van der Waals surface area contributed by atoms with Crippen LogP contribution in [0.25, 0.3) is 0 Å². The fourth-order valence-electron chi connectivity index (χ4n) is 3.37. The van der Waals surface area contributed by atoms with E-state index in [2.05, 4.69) is 37.3 Å². The van der Waals surface area contributed by atoms with Gasteiger partial charge in [0.05, 0.1) is 12.7 Å². The average Bonchev–Trinajstić information content (AvgIpc) is 3.14. The van der Waals surface area contributed by atoms with E-state index in [1.54, 1.807) is 0 Å². The van der Waals surface area contributed by atoms with Gasteiger partial charge in [0.1, 0.15) is 0 Å². The molecule has 0 bridgehead atoms. The first-order valence-corrected chi connectivity index (χ1v) is 8.65. The third kappa shape index (κ3) is 2.99. The van der Waals surface area contributed by atoms with Crippen LogP contribution in [-0.4, -0.2) is 53.8 Å². The first-order valence-electron chi connectivity index (χ1n) is 7.77. The van der Waals surface area contributed by atoms with E-state index < -0.39 is 0 Å². The van der Waals surface area contributed by atoms with Crippen molar-refractivity contribution in [3.8, 4) is 0 Å². The summed E-state index contributed by atoms with van der Waals surface area (Å²) in [7, 11) is 0. The number of hydrogen-bond donors (Lipinski definition) is 0. The molecule has 0 spiro atoms. The van der Waals surface area contributed by atoms with Gasteiger partial charge in [0.15, 0.2) is 0 Å². The number of nitrogens with zero attached hydrogens (tertiary/aromatic N) is 4. The Morgan fingerprint density at radius 1 is 1.18 bits per heavy atom. The van der Waals surface area contributed by atoms with Crippen LogP contribution < -0.4 is 4.90 Å². The summed E-state index contributed by atoms with van der Waals surface area (Å²) in [4.78, 5) is 15.0. The third-order valence-corrected chi connectivity index (χ3v) is 5.26. The standard InChI is InChI=1S/C16H20N4OS/c1-3-14(22-8-1)11-19-9-13-10-20(6-7-21-15(13)12-19)16-17-4-2-5-18-16/h1-5,8,13,15H,6-7,9-12H2/t13-,15-/m0/s1. The Labute approximate surface area is 134 Å². The average molecular weight is 316 g/mol. The fourth-order valence-corrected chi connectivity index (χ4v) is 4.11. The van der Waals surface area contributed by atoms with Crippen LogP contribution in [0.3, 0.4) is 0 Å². The molecule has 22 heavy (non-hydrogen) atoms. The van der Waals surface area contributed by atoms with Gasteiger partial charge in [-0.2, -0.15) is 0 Å². The molecule has 0 N–H and O–H groups in total. The van der Waals surface area contributed by atoms with Gasteiger partial charge in [-0.05, 0) is 17.5 Å². The van der Waals surface area contributed by atoms with E-state index >= 15 is 0 Å². The van der Waals surface area contributed by atoms with E-state index in [4.69, 9.17) is 4.74 Å². The van der Waals surface area contributed by atoms with Crippen molar-refractivity contribution in [1.82, 2.24) is 14.9 Å². The lowest BCUT2D eigenvalue weighted by molar-refractivity contribution is 0.0525. The van der Waals surface area contributed by atoms with Crippen molar-refractivity contribution in [2.45, 2.75) is 12.6 Å². The van der Waals surface area contributed by atoms with Gasteiger partial charge in [0, 0.05) is 55.9 Å². The number of fused-ring (bicyclic) bond motifs is 1. The van der Waals surface area contributed by atoms with Gasteiger partial charge in [0.25, 0.3) is 0 Å². The molecule has 2 aromatic heterocycles. The Morgan fingerprint density at radius 3 is 2.91 bits per heavy atom. The van der Waals surface area contributed by atoms with Crippen LogP contribution in [0.4, 0.5) is 5.95 Å². The Balaban J connectivity index is 1.43. The first kappa shape index (κ1) is 14.1. The molecule has 0 aliphatic carbocycles. The van der Waals surface area contributed by atoms with E-state index in [1.165, 1.54) is 4.88 Å². The molecule has 0 aromatic carbocycles. The summed E-state index contributed by atoms with van der Waals surface area (Å²) in [5.74, 6) is 1.36. The van der Waals surface area contributed by atoms with Crippen molar-refractivity contribution in [3.05, 3.63) is 40.8 Å². The zero-order valence-electron chi connectivity index (χ0n) is 12.5. The zero-order chi connectivity index (χ0) is 14.8. The number of hydrogen-bond acceptors (Lipinski definition) is 6. The van der Waals surface area contributed by atoms with Crippen LogP contribution in [0.5, 0.6) is 0 Å². The second kappa shape index (κ2) is 6.32. The molecule has 4 rings (SSSR count). The summed E-state index contributed by atoms with van der Waals surface area (Å²) >= 11 is 1.83. The number of anilines is 1. The maximum absolute atomic E-state index is 6.09. The monoisotopic (exact) mass is 316 g/mol. The van der Waals surface area contributed by atoms with Crippen LogP contribution in [0.2, 0.25) is 0 Å². The molecule has 6 heteroatoms. The zero-order valence-corrected chi connectivity index (χ0v) is 13.3. The molecule has 0 radical (unpaired) electrons. The summed E-state index contributed by atoms with van der Waals surface area (Å²) in [5.41, 5.74) is 0. The number of ether oxygens (including phenoxy) is 1. The van der Waals surface area contributed by atoms with Gasteiger partial charge in [-0.15, -0.1) is 11.3 Å². The summed E-state index contributed by atoms with van der Waals surface area (Å²) in [6.07, 6.45) is 3.96. The smallest absolute Gasteiger partial charge is 0.225 e. The lowest BCUT2D eigenvalue weighted by atomic mass is 10.1. The number of rotatable bonds is 3. The lowest BCUT2D eigenvalue weighted by Crippen LogP contribution is -2.33. The Bertz CT molecular complexity index is 591. The first-order chi connectivity index (χ1) is 10.9. The normalized spacial score (nSPS) is 25.9. The molecular weight excluding hydrogens is 296 g/mol. The maximum atomic E-state index is 6.09. The molecule has 4 heterocycles. The Morgan fingerprint density at radius 2 is 2.09 bits per heavy atom. The molecule has 0 saturated carbocycles. The van der Waals surface area contributed by atoms with Crippen LogP contribution >= 0.6 is 11.3 Å². The Hall–Kier alpha value is -1.50. The van der Waals surface area contributed by atoms with Gasteiger partial charge in [-0.1, -0.05) is 6.07 Å². The third-order valence-electron chi connectivity index (χ3n) is 4.40. The van der Waals surface area contributed by atoms with Gasteiger partial charge < -0.3 is 9.64 Å². The van der Waals surface area contributed by atoms with Crippen molar-refractivity contribution in [2.24, 2.45) is 5.92 Å². The van der Waals surface area contributed by atoms with E-state index in [1.807, 2.05) is 29.8 Å². The molecule has 2 fully saturated rings. The molecule has 2 aromatic rings. The quantitative estimate of drug-likeness (QED) is 0.865. The number of thiophene rings is 1. The molecule has 0 amide bonds. The lowest BCUT2D eigenvalue weighted by Gasteiger charge is -2.23. The van der Waals surface area contributed by atoms with Crippen molar-refractivity contribution in [2.75, 3.05) is 37.7 Å². The predicted octanol–water partition coefficient (Wildman–Crippen LogP) is 1.88. The van der Waals surface area contributed by atoms with Crippen molar-refractivity contribution in [3.63, 3.8) is 0 Å². The maximum Gasteiger partial charge on any atom is 0.225 e. The summed E-state index contributed by atoms with van der Waals surface area (Å²) in [5, 5.41) is 2.15. The summed E-state index contributed by atoms with van der Waals surface area (Å²) < 4.78 is 6.09. The highest BCUT2D eigenvalue weighted by atomic mass is 32.1. The highest BCUT2D eigenvalue weighted by molar-refractivity contribution is 7.09. The fraction of sp³-hybridized carbons (Fsp3) is 0.500. The van der Waals surface area contributed by atoms with Crippen LogP contribution in [0.1, 0.15) is 4.88 Å². The highest BCUT2D eigenvalue weighted by Crippen LogP contribution is 2.26. The van der Waals surface area contributed by atoms with Gasteiger partial charge in [0.2, 0.25) is 5.95 Å². The summed E-state index contributed by atoms with van der Waals surface area (Å²) in [6, 6.07) is 6.20. The largest absolute Gasteiger partial charge is 0.375 e. The van der Waals surface area contributed by atoms with E-state index in [0.717, 1.165) is 45.3 Å². The molecule has 2 atom stereocenters. The number of likely N-dealkylation sites (tertiary alicyclic amines) is 1. The van der Waals surface area contributed by atoms with Crippen molar-refractivity contribution in [1.29, 1.82) is 0 Å². The van der Waals surface area contributed by atoms with Crippen LogP contribution in [-0.2, 0) is 11.3 Å². The van der Waals surface area contributed by atoms with Crippen molar-refractivity contribution >= 4 is 17.3 Å². The topological polar surface area (TPSA) is 41.5 Å². The van der Waals surface area contributed by atoms with Crippen LogP contribution in [0.15, 0.2) is 36.0 Å². The summed E-state index contributed by atoms with van der Waals surface area (Å²) in [6.45, 7) is 5.78. The molecule has 2 saturated heterocycles. The molecule has 116 valence electrons. The minimum absolute atomic E-state index is 0.341. The minimum atomic E-state index is 0.341. The molecular formula is C16H20N4OS. The SMILES string of the molecule is c1cnc(N2CCO[C@H]3CN(Cc4cccs4)C[C@H]3C2)nc1. The van der Waals surface area contributed by atoms with Gasteiger partial charge >= 0.3 is 0 Å². The van der Waals surface area contributed by atoms with Gasteiger partial charge in [-0.3, -0.25) is 4.90 Å².